The van der Waals surface area contributed by atoms with Gasteiger partial charge in [0.15, 0.2) is 6.61 Å². The van der Waals surface area contributed by atoms with Crippen molar-refractivity contribution in [1.82, 2.24) is 9.97 Å². The van der Waals surface area contributed by atoms with Crippen molar-refractivity contribution in [2.75, 3.05) is 13.2 Å². The maximum Gasteiger partial charge on any atom is 0.340 e. The molecule has 8 heteroatoms. The lowest BCUT2D eigenvalue weighted by Crippen LogP contribution is -2.14. The highest BCUT2D eigenvalue weighted by molar-refractivity contribution is 7.19. The van der Waals surface area contributed by atoms with Gasteiger partial charge in [-0.2, -0.15) is 0 Å². The zero-order valence-electron chi connectivity index (χ0n) is 16.3. The van der Waals surface area contributed by atoms with E-state index >= 15 is 0 Å². The molecule has 7 nitrogen and oxygen atoms in total. The van der Waals surface area contributed by atoms with Gasteiger partial charge in [0, 0.05) is 11.8 Å². The van der Waals surface area contributed by atoms with Crippen LogP contribution in [0.1, 0.15) is 44.0 Å². The third-order valence-corrected chi connectivity index (χ3v) is 5.22. The molecule has 3 aromatic rings. The van der Waals surface area contributed by atoms with Crippen molar-refractivity contribution in [3.05, 3.63) is 57.9 Å². The molecule has 1 aromatic carbocycles. The van der Waals surface area contributed by atoms with Crippen LogP contribution in [0.2, 0.25) is 0 Å². The molecule has 0 fully saturated rings. The lowest BCUT2D eigenvalue weighted by atomic mass is 10.1. The minimum absolute atomic E-state index is 0.230. The van der Waals surface area contributed by atoms with E-state index in [1.807, 2.05) is 24.3 Å². The highest BCUT2D eigenvalue weighted by atomic mass is 32.1. The number of rotatable bonds is 7. The topological polar surface area (TPSA) is 98.4 Å². The molecule has 0 atom stereocenters. The number of hydrogen-bond acceptors (Lipinski definition) is 7. The molecular formula is C21H20N2O5S. The minimum Gasteiger partial charge on any atom is -0.462 e. The van der Waals surface area contributed by atoms with E-state index in [1.165, 1.54) is 17.4 Å². The van der Waals surface area contributed by atoms with Crippen LogP contribution >= 0.6 is 11.3 Å². The van der Waals surface area contributed by atoms with E-state index in [4.69, 9.17) is 9.47 Å². The monoisotopic (exact) mass is 412 g/mol. The zero-order chi connectivity index (χ0) is 21.0. The van der Waals surface area contributed by atoms with E-state index in [1.54, 1.807) is 26.8 Å². The van der Waals surface area contributed by atoms with E-state index < -0.39 is 24.3 Å². The van der Waals surface area contributed by atoms with Crippen LogP contribution in [0, 0.1) is 13.8 Å². The summed E-state index contributed by atoms with van der Waals surface area (Å²) >= 11 is 1.45. The third kappa shape index (κ3) is 4.60. The van der Waals surface area contributed by atoms with Crippen LogP contribution in [-0.2, 0) is 14.3 Å². The standard InChI is InChI=1S/C21H20N2O5S/c1-4-27-21(26)19-12(2)20(22-13(19)3)15(24)11-28-18(25)10-9-17-23-14-7-5-6-8-16(14)29-17/h5-10,22H,4,11H2,1-3H3/b10-9+. The van der Waals surface area contributed by atoms with Crippen LogP contribution in [0.15, 0.2) is 30.3 Å². The smallest absolute Gasteiger partial charge is 0.340 e. The lowest BCUT2D eigenvalue weighted by Gasteiger charge is -2.03. The molecule has 0 saturated heterocycles. The van der Waals surface area contributed by atoms with Crippen molar-refractivity contribution in [3.8, 4) is 0 Å². The summed E-state index contributed by atoms with van der Waals surface area (Å²) in [7, 11) is 0. The van der Waals surface area contributed by atoms with E-state index in [2.05, 4.69) is 9.97 Å². The summed E-state index contributed by atoms with van der Waals surface area (Å²) in [6.07, 6.45) is 2.79. The first-order valence-electron chi connectivity index (χ1n) is 9.00. The van der Waals surface area contributed by atoms with Crippen molar-refractivity contribution < 1.29 is 23.9 Å². The predicted molar refractivity (Wildman–Crippen MR) is 110 cm³/mol. The first kappa shape index (κ1) is 20.5. The molecule has 150 valence electrons. The minimum atomic E-state index is -0.649. The van der Waals surface area contributed by atoms with E-state index in [0.29, 0.717) is 21.8 Å². The second kappa shape index (κ2) is 8.83. The van der Waals surface area contributed by atoms with Crippen molar-refractivity contribution >= 4 is 45.4 Å². The summed E-state index contributed by atoms with van der Waals surface area (Å²) in [6, 6.07) is 7.66. The van der Waals surface area contributed by atoms with Gasteiger partial charge in [0.2, 0.25) is 5.78 Å². The van der Waals surface area contributed by atoms with Crippen LogP contribution in [0.25, 0.3) is 16.3 Å². The molecular weight excluding hydrogens is 392 g/mol. The largest absolute Gasteiger partial charge is 0.462 e. The van der Waals surface area contributed by atoms with Crippen LogP contribution in [0.4, 0.5) is 0 Å². The quantitative estimate of drug-likeness (QED) is 0.359. The Morgan fingerprint density at radius 1 is 1.17 bits per heavy atom. The Labute approximate surface area is 171 Å². The molecule has 0 aliphatic rings. The summed E-state index contributed by atoms with van der Waals surface area (Å²) < 4.78 is 11.1. The van der Waals surface area contributed by atoms with Gasteiger partial charge in [0.25, 0.3) is 0 Å². The summed E-state index contributed by atoms with van der Waals surface area (Å²) in [5.41, 5.74) is 2.43. The average Bonchev–Trinajstić information content (AvgIpc) is 3.24. The maximum atomic E-state index is 12.4. The predicted octanol–water partition coefficient (Wildman–Crippen LogP) is 3.86. The molecule has 0 aliphatic heterocycles. The number of esters is 2. The van der Waals surface area contributed by atoms with Gasteiger partial charge in [0.1, 0.15) is 5.01 Å². The van der Waals surface area contributed by atoms with Crippen molar-refractivity contribution in [1.29, 1.82) is 0 Å². The molecule has 0 bridgehead atoms. The Morgan fingerprint density at radius 3 is 2.66 bits per heavy atom. The van der Waals surface area contributed by atoms with Crippen molar-refractivity contribution in [2.24, 2.45) is 0 Å². The number of carbonyl (C=O) groups is 3. The van der Waals surface area contributed by atoms with Gasteiger partial charge in [-0.25, -0.2) is 14.6 Å². The maximum absolute atomic E-state index is 12.4. The molecule has 1 N–H and O–H groups in total. The second-order valence-corrected chi connectivity index (χ2v) is 7.29. The Morgan fingerprint density at radius 2 is 1.93 bits per heavy atom. The van der Waals surface area contributed by atoms with Gasteiger partial charge in [-0.15, -0.1) is 11.3 Å². The number of carbonyl (C=O) groups excluding carboxylic acids is 3. The van der Waals surface area contributed by atoms with Crippen LogP contribution in [-0.4, -0.2) is 40.9 Å². The molecule has 29 heavy (non-hydrogen) atoms. The number of aromatic amines is 1. The number of aryl methyl sites for hydroxylation is 1. The normalized spacial score (nSPS) is 11.1. The Hall–Kier alpha value is -3.26. The summed E-state index contributed by atoms with van der Waals surface area (Å²) in [5, 5.41) is 0.671. The van der Waals surface area contributed by atoms with Crippen LogP contribution in [0.3, 0.4) is 0 Å². The summed E-state index contributed by atoms with van der Waals surface area (Å²) in [6.45, 7) is 4.85. The Balaban J connectivity index is 1.62. The molecule has 0 aliphatic carbocycles. The van der Waals surface area contributed by atoms with Gasteiger partial charge in [0.05, 0.1) is 28.1 Å². The number of hydrogen-bond donors (Lipinski definition) is 1. The fourth-order valence-corrected chi connectivity index (χ4v) is 3.77. The molecule has 0 spiro atoms. The number of thiazole rings is 1. The first-order valence-corrected chi connectivity index (χ1v) is 9.82. The molecule has 0 radical (unpaired) electrons. The molecule has 2 aromatic heterocycles. The fraction of sp³-hybridized carbons (Fsp3) is 0.238. The number of ketones is 1. The number of para-hydroxylation sites is 1. The second-order valence-electron chi connectivity index (χ2n) is 6.23. The molecule has 0 amide bonds. The number of fused-ring (bicyclic) bond motifs is 1. The number of aromatic nitrogens is 2. The van der Waals surface area contributed by atoms with Gasteiger partial charge in [-0.05, 0) is 44.5 Å². The van der Waals surface area contributed by atoms with Gasteiger partial charge in [-0.1, -0.05) is 12.1 Å². The Kier molecular flexibility index (Phi) is 6.23. The first-order chi connectivity index (χ1) is 13.9. The van der Waals surface area contributed by atoms with Gasteiger partial charge < -0.3 is 14.5 Å². The molecule has 2 heterocycles. The number of benzene rings is 1. The van der Waals surface area contributed by atoms with Gasteiger partial charge in [-0.3, -0.25) is 4.79 Å². The number of Topliss-reactive ketones (excluding diaryl/α,β-unsaturated/α-hetero) is 1. The van der Waals surface area contributed by atoms with E-state index in [9.17, 15) is 14.4 Å². The van der Waals surface area contributed by atoms with Gasteiger partial charge >= 0.3 is 11.9 Å². The summed E-state index contributed by atoms with van der Waals surface area (Å²) in [4.78, 5) is 43.7. The average molecular weight is 412 g/mol. The van der Waals surface area contributed by atoms with Crippen LogP contribution < -0.4 is 0 Å². The molecule has 0 unspecified atom stereocenters. The van der Waals surface area contributed by atoms with Crippen LogP contribution in [0.5, 0.6) is 0 Å². The number of nitrogens with one attached hydrogen (secondary N) is 1. The number of H-pyrrole nitrogens is 1. The molecule has 0 saturated carbocycles. The lowest BCUT2D eigenvalue weighted by molar-refractivity contribution is -0.136. The summed E-state index contributed by atoms with van der Waals surface area (Å²) in [5.74, 6) is -1.57. The fourth-order valence-electron chi connectivity index (χ4n) is 2.90. The zero-order valence-corrected chi connectivity index (χ0v) is 17.1. The number of ether oxygens (including phenoxy) is 2. The van der Waals surface area contributed by atoms with E-state index in [0.717, 1.165) is 10.2 Å². The highest BCUT2D eigenvalue weighted by Gasteiger charge is 2.23. The Bertz CT molecular complexity index is 1080. The van der Waals surface area contributed by atoms with Crippen molar-refractivity contribution in [2.45, 2.75) is 20.8 Å². The highest BCUT2D eigenvalue weighted by Crippen LogP contribution is 2.22. The SMILES string of the molecule is CCOC(=O)c1c(C)[nH]c(C(=O)COC(=O)/C=C/c2nc3ccccc3s2)c1C. The molecule has 3 rings (SSSR count). The number of nitrogens with zero attached hydrogens (tertiary/aromatic N) is 1. The third-order valence-electron chi connectivity index (χ3n) is 4.21. The van der Waals surface area contributed by atoms with E-state index in [-0.39, 0.29) is 12.3 Å². The van der Waals surface area contributed by atoms with Crippen molar-refractivity contribution in [3.63, 3.8) is 0 Å².